The smallest absolute Gasteiger partial charge is 0.253 e. The molecule has 0 saturated heterocycles. The Morgan fingerprint density at radius 2 is 2.22 bits per heavy atom. The predicted molar refractivity (Wildman–Crippen MR) is 70.9 cm³/mol. The third-order valence-electron chi connectivity index (χ3n) is 2.48. The van der Waals surface area contributed by atoms with Crippen LogP contribution in [0.1, 0.15) is 15.9 Å². The van der Waals surface area contributed by atoms with E-state index in [1.807, 2.05) is 12.1 Å². The van der Waals surface area contributed by atoms with Gasteiger partial charge in [-0.3, -0.25) is 4.79 Å². The maximum absolute atomic E-state index is 12.1. The summed E-state index contributed by atoms with van der Waals surface area (Å²) in [5, 5.41) is 8.56. The van der Waals surface area contributed by atoms with Gasteiger partial charge in [0.15, 0.2) is 0 Å². The zero-order valence-electron chi connectivity index (χ0n) is 10.4. The lowest BCUT2D eigenvalue weighted by Crippen LogP contribution is -2.30. The summed E-state index contributed by atoms with van der Waals surface area (Å²) in [4.78, 5) is 13.6. The van der Waals surface area contributed by atoms with E-state index in [9.17, 15) is 4.79 Å². The number of hydrogen-bond donors (Lipinski definition) is 1. The fraction of sp³-hybridized carbons (Fsp3) is 0.462. The molecule has 1 rings (SSSR count). The van der Waals surface area contributed by atoms with Gasteiger partial charge in [-0.25, -0.2) is 0 Å². The van der Waals surface area contributed by atoms with Crippen molar-refractivity contribution in [2.75, 3.05) is 33.4 Å². The second-order valence-corrected chi connectivity index (χ2v) is 4.16. The van der Waals surface area contributed by atoms with Crippen molar-refractivity contribution in [1.82, 2.24) is 4.90 Å². The minimum atomic E-state index is -0.0606. The molecule has 18 heavy (non-hydrogen) atoms. The van der Waals surface area contributed by atoms with Gasteiger partial charge in [-0.15, -0.1) is 11.6 Å². The van der Waals surface area contributed by atoms with Gasteiger partial charge < -0.3 is 14.7 Å². The number of likely N-dealkylation sites (N-methyl/N-ethyl adjacent to an activating group) is 1. The summed E-state index contributed by atoms with van der Waals surface area (Å²) in [6.45, 7) is 1.20. The molecule has 0 atom stereocenters. The van der Waals surface area contributed by atoms with Gasteiger partial charge in [0.1, 0.15) is 0 Å². The van der Waals surface area contributed by atoms with Crippen LogP contribution in [-0.4, -0.2) is 49.3 Å². The summed E-state index contributed by atoms with van der Waals surface area (Å²) in [5.41, 5.74) is 1.55. The van der Waals surface area contributed by atoms with Gasteiger partial charge in [-0.1, -0.05) is 12.1 Å². The van der Waals surface area contributed by atoms with Gasteiger partial charge in [0, 0.05) is 25.0 Å². The van der Waals surface area contributed by atoms with Gasteiger partial charge in [0.05, 0.1) is 19.8 Å². The van der Waals surface area contributed by atoms with E-state index in [4.69, 9.17) is 21.4 Å². The second-order valence-electron chi connectivity index (χ2n) is 3.90. The highest BCUT2D eigenvalue weighted by molar-refractivity contribution is 6.17. The van der Waals surface area contributed by atoms with E-state index in [2.05, 4.69) is 0 Å². The van der Waals surface area contributed by atoms with Crippen LogP contribution in [0.5, 0.6) is 0 Å². The minimum absolute atomic E-state index is 0.00454. The molecule has 0 spiro atoms. The minimum Gasteiger partial charge on any atom is -0.394 e. The van der Waals surface area contributed by atoms with Crippen LogP contribution in [-0.2, 0) is 10.6 Å². The number of hydrogen-bond acceptors (Lipinski definition) is 3. The maximum Gasteiger partial charge on any atom is 0.253 e. The third kappa shape index (κ3) is 4.64. The van der Waals surface area contributed by atoms with Crippen molar-refractivity contribution in [3.8, 4) is 0 Å². The number of carbonyl (C=O) groups is 1. The van der Waals surface area contributed by atoms with Crippen LogP contribution in [0.25, 0.3) is 0 Å². The Morgan fingerprint density at radius 3 is 2.89 bits per heavy atom. The molecule has 0 aliphatic heterocycles. The molecule has 0 aromatic heterocycles. The lowest BCUT2D eigenvalue weighted by Gasteiger charge is -2.17. The number of nitrogens with zero attached hydrogens (tertiary/aromatic N) is 1. The standard InChI is InChI=1S/C13H18ClNO3/c1-15(5-7-18-8-6-16)13(17)12-4-2-3-11(9-12)10-14/h2-4,9,16H,5-8,10H2,1H3. The highest BCUT2D eigenvalue weighted by atomic mass is 35.5. The van der Waals surface area contributed by atoms with E-state index < -0.39 is 0 Å². The monoisotopic (exact) mass is 271 g/mol. The average Bonchev–Trinajstić information content (AvgIpc) is 2.42. The number of aliphatic hydroxyl groups is 1. The van der Waals surface area contributed by atoms with Crippen molar-refractivity contribution < 1.29 is 14.6 Å². The molecule has 1 aromatic carbocycles. The van der Waals surface area contributed by atoms with Crippen LogP contribution in [0.3, 0.4) is 0 Å². The Morgan fingerprint density at radius 1 is 1.44 bits per heavy atom. The summed E-state index contributed by atoms with van der Waals surface area (Å²) in [6.07, 6.45) is 0. The summed E-state index contributed by atoms with van der Waals surface area (Å²) < 4.78 is 5.12. The molecule has 1 N–H and O–H groups in total. The molecule has 0 bridgehead atoms. The van der Waals surface area contributed by atoms with Crippen molar-refractivity contribution in [3.05, 3.63) is 35.4 Å². The molecule has 0 aliphatic rings. The lowest BCUT2D eigenvalue weighted by molar-refractivity contribution is 0.0618. The number of aliphatic hydroxyl groups excluding tert-OH is 1. The van der Waals surface area contributed by atoms with Gasteiger partial charge in [0.25, 0.3) is 5.91 Å². The molecule has 4 nitrogen and oxygen atoms in total. The molecule has 0 fully saturated rings. The largest absolute Gasteiger partial charge is 0.394 e. The number of rotatable bonds is 7. The molecule has 0 radical (unpaired) electrons. The SMILES string of the molecule is CN(CCOCCO)C(=O)c1cccc(CCl)c1. The fourth-order valence-electron chi connectivity index (χ4n) is 1.48. The third-order valence-corrected chi connectivity index (χ3v) is 2.79. The van der Waals surface area contributed by atoms with Crippen molar-refractivity contribution in [3.63, 3.8) is 0 Å². The quantitative estimate of drug-likeness (QED) is 0.604. The Hall–Kier alpha value is -1.10. The first-order valence-electron chi connectivity index (χ1n) is 5.78. The van der Waals surface area contributed by atoms with Crippen LogP contribution in [0.15, 0.2) is 24.3 Å². The molecule has 5 heteroatoms. The van der Waals surface area contributed by atoms with E-state index in [-0.39, 0.29) is 12.5 Å². The molecular weight excluding hydrogens is 254 g/mol. The second kappa shape index (κ2) is 8.08. The number of amides is 1. The fourth-order valence-corrected chi connectivity index (χ4v) is 1.64. The first kappa shape index (κ1) is 15.0. The zero-order chi connectivity index (χ0) is 13.4. The molecule has 1 amide bonds. The van der Waals surface area contributed by atoms with Gasteiger partial charge in [-0.2, -0.15) is 0 Å². The molecule has 0 aliphatic carbocycles. The van der Waals surface area contributed by atoms with E-state index in [0.717, 1.165) is 5.56 Å². The summed E-state index contributed by atoms with van der Waals surface area (Å²) in [5.74, 6) is 0.333. The van der Waals surface area contributed by atoms with E-state index >= 15 is 0 Å². The predicted octanol–water partition coefficient (Wildman–Crippen LogP) is 1.51. The molecule has 0 saturated carbocycles. The number of alkyl halides is 1. The molecule has 100 valence electrons. The Labute approximate surface area is 112 Å². The van der Waals surface area contributed by atoms with Crippen LogP contribution >= 0.6 is 11.6 Å². The van der Waals surface area contributed by atoms with Crippen LogP contribution in [0.2, 0.25) is 0 Å². The number of carbonyl (C=O) groups excluding carboxylic acids is 1. The summed E-state index contributed by atoms with van der Waals surface area (Å²) in [7, 11) is 1.72. The van der Waals surface area contributed by atoms with Crippen molar-refractivity contribution in [1.29, 1.82) is 0 Å². The molecule has 0 unspecified atom stereocenters. The Bertz CT molecular complexity index is 384. The summed E-state index contributed by atoms with van der Waals surface area (Å²) >= 11 is 5.73. The Kier molecular flexibility index (Phi) is 6.72. The van der Waals surface area contributed by atoms with Crippen LogP contribution in [0, 0.1) is 0 Å². The van der Waals surface area contributed by atoms with Gasteiger partial charge >= 0.3 is 0 Å². The first-order chi connectivity index (χ1) is 8.69. The summed E-state index contributed by atoms with van der Waals surface area (Å²) in [6, 6.07) is 7.26. The molecule has 0 heterocycles. The topological polar surface area (TPSA) is 49.8 Å². The van der Waals surface area contributed by atoms with Gasteiger partial charge in [0.2, 0.25) is 0 Å². The van der Waals surface area contributed by atoms with E-state index in [0.29, 0.717) is 31.2 Å². The van der Waals surface area contributed by atoms with Crippen molar-refractivity contribution >= 4 is 17.5 Å². The molecular formula is C13H18ClNO3. The first-order valence-corrected chi connectivity index (χ1v) is 6.31. The number of halogens is 1. The van der Waals surface area contributed by atoms with E-state index in [1.54, 1.807) is 24.1 Å². The normalized spacial score (nSPS) is 10.4. The van der Waals surface area contributed by atoms with Crippen LogP contribution < -0.4 is 0 Å². The molecule has 1 aromatic rings. The highest BCUT2D eigenvalue weighted by Gasteiger charge is 2.11. The number of benzene rings is 1. The zero-order valence-corrected chi connectivity index (χ0v) is 11.2. The van der Waals surface area contributed by atoms with Gasteiger partial charge in [-0.05, 0) is 17.7 Å². The highest BCUT2D eigenvalue weighted by Crippen LogP contribution is 2.09. The maximum atomic E-state index is 12.1. The average molecular weight is 272 g/mol. The van der Waals surface area contributed by atoms with Crippen LogP contribution in [0.4, 0.5) is 0 Å². The van der Waals surface area contributed by atoms with Crippen molar-refractivity contribution in [2.45, 2.75) is 5.88 Å². The Balaban J connectivity index is 2.51. The lowest BCUT2D eigenvalue weighted by atomic mass is 10.1. The van der Waals surface area contributed by atoms with Crippen molar-refractivity contribution in [2.24, 2.45) is 0 Å². The number of ether oxygens (including phenoxy) is 1. The van der Waals surface area contributed by atoms with E-state index in [1.165, 1.54) is 0 Å².